The lowest BCUT2D eigenvalue weighted by Crippen LogP contribution is -2.26. The summed E-state index contributed by atoms with van der Waals surface area (Å²) in [6, 6.07) is 13.2. The molecule has 0 saturated carbocycles. The summed E-state index contributed by atoms with van der Waals surface area (Å²) in [7, 11) is -7.40. The molecule has 118 valence electrons. The molecule has 0 heterocycles. The summed E-state index contributed by atoms with van der Waals surface area (Å²) >= 11 is 0. The molecule has 2 rings (SSSR count). The largest absolute Gasteiger partial charge is 0.241 e. The van der Waals surface area contributed by atoms with Gasteiger partial charge in [-0.3, -0.25) is 0 Å². The quantitative estimate of drug-likeness (QED) is 0.857. The number of nitrogens with two attached hydrogens (primary N) is 1. The van der Waals surface area contributed by atoms with Crippen molar-refractivity contribution in [3.05, 3.63) is 60.2 Å². The maximum absolute atomic E-state index is 12.2. The maximum Gasteiger partial charge on any atom is 0.241 e. The standard InChI is InChI=1S/C14H16N2O4S2/c1-11(12-7-9-13(10-8-12)21(15,17)18)16-22(19,20)14-5-3-2-4-6-14/h2-11,16H,1H3,(H2,15,17,18). The molecular weight excluding hydrogens is 324 g/mol. The van der Waals surface area contributed by atoms with E-state index in [-0.39, 0.29) is 9.79 Å². The lowest BCUT2D eigenvalue weighted by molar-refractivity contribution is 0.566. The van der Waals surface area contributed by atoms with Crippen molar-refractivity contribution in [3.8, 4) is 0 Å². The second-order valence-electron chi connectivity index (χ2n) is 4.77. The van der Waals surface area contributed by atoms with Gasteiger partial charge in [-0.25, -0.2) is 26.7 Å². The van der Waals surface area contributed by atoms with Gasteiger partial charge in [0, 0.05) is 6.04 Å². The van der Waals surface area contributed by atoms with Gasteiger partial charge in [-0.15, -0.1) is 0 Å². The average molecular weight is 340 g/mol. The van der Waals surface area contributed by atoms with E-state index in [1.807, 2.05) is 0 Å². The second kappa shape index (κ2) is 6.17. The summed E-state index contributed by atoms with van der Waals surface area (Å²) in [5, 5.41) is 5.02. The molecule has 1 atom stereocenters. The lowest BCUT2D eigenvalue weighted by Gasteiger charge is -2.15. The molecule has 0 aliphatic heterocycles. The number of rotatable bonds is 5. The molecule has 1 unspecified atom stereocenters. The monoisotopic (exact) mass is 340 g/mol. The summed E-state index contributed by atoms with van der Waals surface area (Å²) in [6.45, 7) is 1.67. The molecule has 22 heavy (non-hydrogen) atoms. The van der Waals surface area contributed by atoms with Crippen molar-refractivity contribution in [3.63, 3.8) is 0 Å². The van der Waals surface area contributed by atoms with Crippen molar-refractivity contribution in [2.24, 2.45) is 5.14 Å². The molecule has 0 fully saturated rings. The Bertz CT molecular complexity index is 845. The van der Waals surface area contributed by atoms with E-state index in [9.17, 15) is 16.8 Å². The SMILES string of the molecule is CC(NS(=O)(=O)c1ccccc1)c1ccc(S(N)(=O)=O)cc1. The van der Waals surface area contributed by atoms with E-state index >= 15 is 0 Å². The van der Waals surface area contributed by atoms with Crippen molar-refractivity contribution < 1.29 is 16.8 Å². The Morgan fingerprint density at radius 2 is 1.41 bits per heavy atom. The van der Waals surface area contributed by atoms with Gasteiger partial charge in [0.2, 0.25) is 20.0 Å². The molecule has 0 aliphatic rings. The van der Waals surface area contributed by atoms with Gasteiger partial charge in [0.25, 0.3) is 0 Å². The minimum Gasteiger partial charge on any atom is -0.225 e. The molecule has 0 spiro atoms. The summed E-state index contributed by atoms with van der Waals surface area (Å²) in [4.78, 5) is 0.150. The van der Waals surface area contributed by atoms with E-state index in [0.29, 0.717) is 5.56 Å². The molecule has 3 N–H and O–H groups in total. The first kappa shape index (κ1) is 16.6. The van der Waals surface area contributed by atoms with Gasteiger partial charge in [0.15, 0.2) is 0 Å². The highest BCUT2D eigenvalue weighted by Gasteiger charge is 2.18. The first-order valence-corrected chi connectivity index (χ1v) is 9.43. The van der Waals surface area contributed by atoms with Crippen LogP contribution in [0.5, 0.6) is 0 Å². The van der Waals surface area contributed by atoms with E-state index in [1.54, 1.807) is 25.1 Å². The van der Waals surface area contributed by atoms with E-state index in [2.05, 4.69) is 4.72 Å². The van der Waals surface area contributed by atoms with Crippen LogP contribution in [0.3, 0.4) is 0 Å². The van der Waals surface area contributed by atoms with Gasteiger partial charge < -0.3 is 0 Å². The van der Waals surface area contributed by atoms with Crippen molar-refractivity contribution in [2.75, 3.05) is 0 Å². The van der Waals surface area contributed by atoms with Crippen LogP contribution in [0.1, 0.15) is 18.5 Å². The van der Waals surface area contributed by atoms with Gasteiger partial charge in [0.05, 0.1) is 9.79 Å². The van der Waals surface area contributed by atoms with Crippen LogP contribution in [0.2, 0.25) is 0 Å². The van der Waals surface area contributed by atoms with Gasteiger partial charge in [-0.2, -0.15) is 0 Å². The first-order valence-electron chi connectivity index (χ1n) is 6.40. The van der Waals surface area contributed by atoms with Crippen molar-refractivity contribution in [1.82, 2.24) is 4.72 Å². The number of primary sulfonamides is 1. The molecule has 6 nitrogen and oxygen atoms in total. The first-order chi connectivity index (χ1) is 10.2. The Labute approximate surface area is 130 Å². The van der Waals surface area contributed by atoms with Crippen molar-refractivity contribution in [2.45, 2.75) is 22.8 Å². The third-order valence-corrected chi connectivity index (χ3v) is 5.58. The summed E-state index contributed by atoms with van der Waals surface area (Å²) < 4.78 is 49.4. The van der Waals surface area contributed by atoms with Crippen LogP contribution >= 0.6 is 0 Å². The average Bonchev–Trinajstić information content (AvgIpc) is 2.47. The minimum absolute atomic E-state index is 0.0191. The second-order valence-corrected chi connectivity index (χ2v) is 8.05. The van der Waals surface area contributed by atoms with Gasteiger partial charge >= 0.3 is 0 Å². The number of hydrogen-bond acceptors (Lipinski definition) is 4. The number of sulfonamides is 2. The van der Waals surface area contributed by atoms with E-state index in [0.717, 1.165) is 0 Å². The zero-order valence-electron chi connectivity index (χ0n) is 11.8. The molecule has 2 aromatic carbocycles. The van der Waals surface area contributed by atoms with Crippen LogP contribution in [0, 0.1) is 0 Å². The molecule has 0 amide bonds. The summed E-state index contributed by atoms with van der Waals surface area (Å²) in [5.74, 6) is 0. The summed E-state index contributed by atoms with van der Waals surface area (Å²) in [5.41, 5.74) is 0.631. The molecular formula is C14H16N2O4S2. The van der Waals surface area contributed by atoms with Crippen LogP contribution in [0.25, 0.3) is 0 Å². The Hall–Kier alpha value is -1.74. The zero-order valence-corrected chi connectivity index (χ0v) is 13.4. The fourth-order valence-corrected chi connectivity index (χ4v) is 3.68. The Balaban J connectivity index is 2.21. The normalized spacial score (nSPS) is 13.7. The number of benzene rings is 2. The van der Waals surface area contributed by atoms with Gasteiger partial charge in [-0.05, 0) is 36.8 Å². The van der Waals surface area contributed by atoms with Crippen LogP contribution in [0.15, 0.2) is 64.4 Å². The van der Waals surface area contributed by atoms with Gasteiger partial charge in [0.1, 0.15) is 0 Å². The fourth-order valence-electron chi connectivity index (χ4n) is 1.91. The maximum atomic E-state index is 12.2. The number of nitrogens with one attached hydrogen (secondary N) is 1. The molecule has 0 radical (unpaired) electrons. The molecule has 0 aromatic heterocycles. The minimum atomic E-state index is -3.76. The molecule has 8 heteroatoms. The Morgan fingerprint density at radius 1 is 0.864 bits per heavy atom. The smallest absolute Gasteiger partial charge is 0.225 e. The van der Waals surface area contributed by atoms with E-state index in [1.165, 1.54) is 36.4 Å². The Morgan fingerprint density at radius 3 is 1.91 bits per heavy atom. The van der Waals surface area contributed by atoms with Crippen LogP contribution in [0.4, 0.5) is 0 Å². The van der Waals surface area contributed by atoms with Crippen LogP contribution in [-0.2, 0) is 20.0 Å². The predicted octanol–water partition coefficient (Wildman–Crippen LogP) is 1.37. The molecule has 0 bridgehead atoms. The third-order valence-electron chi connectivity index (χ3n) is 3.09. The molecule has 2 aromatic rings. The predicted molar refractivity (Wildman–Crippen MR) is 83.0 cm³/mol. The fraction of sp³-hybridized carbons (Fsp3) is 0.143. The Kier molecular flexibility index (Phi) is 4.66. The topological polar surface area (TPSA) is 106 Å². The summed E-state index contributed by atoms with van der Waals surface area (Å²) in [6.07, 6.45) is 0. The lowest BCUT2D eigenvalue weighted by atomic mass is 10.1. The third kappa shape index (κ3) is 3.92. The van der Waals surface area contributed by atoms with Gasteiger partial charge in [-0.1, -0.05) is 30.3 Å². The molecule has 0 saturated heterocycles. The zero-order chi connectivity index (χ0) is 16.4. The molecule has 0 aliphatic carbocycles. The van der Waals surface area contributed by atoms with Crippen molar-refractivity contribution in [1.29, 1.82) is 0 Å². The van der Waals surface area contributed by atoms with E-state index in [4.69, 9.17) is 5.14 Å². The van der Waals surface area contributed by atoms with E-state index < -0.39 is 26.1 Å². The van der Waals surface area contributed by atoms with Crippen LogP contribution in [-0.4, -0.2) is 16.8 Å². The van der Waals surface area contributed by atoms with Crippen molar-refractivity contribution >= 4 is 20.0 Å². The highest BCUT2D eigenvalue weighted by molar-refractivity contribution is 7.89. The highest BCUT2D eigenvalue weighted by Crippen LogP contribution is 2.18. The number of hydrogen-bond donors (Lipinski definition) is 2. The highest BCUT2D eigenvalue weighted by atomic mass is 32.2. The van der Waals surface area contributed by atoms with Crippen LogP contribution < -0.4 is 9.86 Å².